The highest BCUT2D eigenvalue weighted by molar-refractivity contribution is 6.01. The van der Waals surface area contributed by atoms with E-state index in [9.17, 15) is 4.79 Å². The Hall–Kier alpha value is -2.42. The number of amides is 1. The van der Waals surface area contributed by atoms with E-state index in [-0.39, 0.29) is 5.91 Å². The van der Waals surface area contributed by atoms with Gasteiger partial charge in [0.05, 0.1) is 5.71 Å². The summed E-state index contributed by atoms with van der Waals surface area (Å²) in [5.74, 6) is -0.192. The maximum absolute atomic E-state index is 12.1. The van der Waals surface area contributed by atoms with Gasteiger partial charge in [-0.15, -0.1) is 0 Å². The Morgan fingerprint density at radius 2 is 1.71 bits per heavy atom. The van der Waals surface area contributed by atoms with Gasteiger partial charge < -0.3 is 0 Å². The van der Waals surface area contributed by atoms with Crippen molar-refractivity contribution in [2.24, 2.45) is 5.10 Å². The molecule has 3 heteroatoms. The van der Waals surface area contributed by atoms with Crippen LogP contribution in [0.1, 0.15) is 39.5 Å². The van der Waals surface area contributed by atoms with Gasteiger partial charge in [0.2, 0.25) is 0 Å². The Balaban J connectivity index is 2.15. The minimum absolute atomic E-state index is 0.192. The SMILES string of the molecule is C/C(=N\NC(=O)c1cccc(C)c1)c1ccc(C)cc1C. The summed E-state index contributed by atoms with van der Waals surface area (Å²) in [5.41, 5.74) is 8.50. The fourth-order valence-corrected chi connectivity index (χ4v) is 2.27. The normalized spacial score (nSPS) is 11.3. The van der Waals surface area contributed by atoms with Crippen molar-refractivity contribution in [1.29, 1.82) is 0 Å². The zero-order valence-corrected chi connectivity index (χ0v) is 12.9. The molecule has 2 rings (SSSR count). The standard InChI is InChI=1S/C18H20N2O/c1-12-6-5-7-16(11-12)18(21)20-19-15(4)17-9-8-13(2)10-14(17)3/h5-11H,1-4H3,(H,20,21)/b19-15+. The van der Waals surface area contributed by atoms with E-state index in [1.54, 1.807) is 6.07 Å². The van der Waals surface area contributed by atoms with Crippen LogP contribution < -0.4 is 5.43 Å². The lowest BCUT2D eigenvalue weighted by Crippen LogP contribution is -2.19. The van der Waals surface area contributed by atoms with E-state index in [1.165, 1.54) is 5.56 Å². The molecular formula is C18H20N2O. The number of hydrogen-bond acceptors (Lipinski definition) is 2. The third kappa shape index (κ3) is 3.78. The van der Waals surface area contributed by atoms with E-state index < -0.39 is 0 Å². The number of nitrogens with zero attached hydrogens (tertiary/aromatic N) is 1. The Labute approximate surface area is 125 Å². The summed E-state index contributed by atoms with van der Waals surface area (Å²) in [5, 5.41) is 4.21. The predicted octanol–water partition coefficient (Wildman–Crippen LogP) is 3.77. The first-order valence-corrected chi connectivity index (χ1v) is 6.96. The predicted molar refractivity (Wildman–Crippen MR) is 86.8 cm³/mol. The van der Waals surface area contributed by atoms with Crippen molar-refractivity contribution in [3.8, 4) is 0 Å². The number of rotatable bonds is 3. The number of hydrogen-bond donors (Lipinski definition) is 1. The van der Waals surface area contributed by atoms with Crippen LogP contribution in [-0.4, -0.2) is 11.6 Å². The molecule has 3 nitrogen and oxygen atoms in total. The van der Waals surface area contributed by atoms with Crippen LogP contribution in [0.5, 0.6) is 0 Å². The highest BCUT2D eigenvalue weighted by Gasteiger charge is 2.06. The molecule has 0 radical (unpaired) electrons. The van der Waals surface area contributed by atoms with Gasteiger partial charge >= 0.3 is 0 Å². The lowest BCUT2D eigenvalue weighted by molar-refractivity contribution is 0.0954. The van der Waals surface area contributed by atoms with Crippen LogP contribution in [-0.2, 0) is 0 Å². The fraction of sp³-hybridized carbons (Fsp3) is 0.222. The first-order chi connectivity index (χ1) is 9.97. The van der Waals surface area contributed by atoms with Gasteiger partial charge in [-0.25, -0.2) is 5.43 Å². The van der Waals surface area contributed by atoms with Crippen molar-refractivity contribution in [3.63, 3.8) is 0 Å². The van der Waals surface area contributed by atoms with Crippen molar-refractivity contribution in [2.45, 2.75) is 27.7 Å². The summed E-state index contributed by atoms with van der Waals surface area (Å²) < 4.78 is 0. The number of aryl methyl sites for hydroxylation is 3. The molecule has 0 heterocycles. The topological polar surface area (TPSA) is 41.5 Å². The maximum Gasteiger partial charge on any atom is 0.271 e. The van der Waals surface area contributed by atoms with Crippen molar-refractivity contribution in [2.75, 3.05) is 0 Å². The van der Waals surface area contributed by atoms with Crippen LogP contribution >= 0.6 is 0 Å². The van der Waals surface area contributed by atoms with Crippen LogP contribution in [0.3, 0.4) is 0 Å². The van der Waals surface area contributed by atoms with Gasteiger partial charge in [-0.05, 0) is 45.4 Å². The molecule has 1 amide bonds. The molecule has 0 aliphatic heterocycles. The maximum atomic E-state index is 12.1. The Morgan fingerprint density at radius 1 is 1.00 bits per heavy atom. The van der Waals surface area contributed by atoms with E-state index in [0.29, 0.717) is 5.56 Å². The van der Waals surface area contributed by atoms with Gasteiger partial charge in [0.1, 0.15) is 0 Å². The van der Waals surface area contributed by atoms with E-state index in [4.69, 9.17) is 0 Å². The van der Waals surface area contributed by atoms with E-state index in [2.05, 4.69) is 23.5 Å². The molecule has 0 saturated carbocycles. The molecule has 2 aromatic carbocycles. The summed E-state index contributed by atoms with van der Waals surface area (Å²) in [7, 11) is 0. The van der Waals surface area contributed by atoms with Crippen LogP contribution in [0.25, 0.3) is 0 Å². The van der Waals surface area contributed by atoms with Crippen LogP contribution in [0.2, 0.25) is 0 Å². The molecule has 0 saturated heterocycles. The number of carbonyl (C=O) groups excluding carboxylic acids is 1. The lowest BCUT2D eigenvalue weighted by atomic mass is 10.0. The molecule has 0 unspecified atom stereocenters. The summed E-state index contributed by atoms with van der Waals surface area (Å²) >= 11 is 0. The Morgan fingerprint density at radius 3 is 2.38 bits per heavy atom. The Kier molecular flexibility index (Phi) is 4.53. The quantitative estimate of drug-likeness (QED) is 0.675. The van der Waals surface area contributed by atoms with Gasteiger partial charge in [-0.3, -0.25) is 4.79 Å². The summed E-state index contributed by atoms with van der Waals surface area (Å²) in [6.45, 7) is 7.96. The second-order valence-electron chi connectivity index (χ2n) is 5.33. The van der Waals surface area contributed by atoms with Gasteiger partial charge in [-0.1, -0.05) is 41.5 Å². The molecule has 0 spiro atoms. The van der Waals surface area contributed by atoms with E-state index in [1.807, 2.05) is 51.1 Å². The minimum Gasteiger partial charge on any atom is -0.267 e. The van der Waals surface area contributed by atoms with E-state index in [0.717, 1.165) is 22.4 Å². The minimum atomic E-state index is -0.192. The molecule has 2 aromatic rings. The molecule has 0 fully saturated rings. The van der Waals surface area contributed by atoms with Crippen LogP contribution in [0.4, 0.5) is 0 Å². The van der Waals surface area contributed by atoms with Crippen LogP contribution in [0.15, 0.2) is 47.6 Å². The summed E-state index contributed by atoms with van der Waals surface area (Å²) in [4.78, 5) is 12.1. The summed E-state index contributed by atoms with van der Waals surface area (Å²) in [6, 6.07) is 13.6. The second kappa shape index (κ2) is 6.35. The van der Waals surface area contributed by atoms with Crippen LogP contribution in [0, 0.1) is 20.8 Å². The molecular weight excluding hydrogens is 260 g/mol. The molecule has 0 atom stereocenters. The largest absolute Gasteiger partial charge is 0.271 e. The molecule has 1 N–H and O–H groups in total. The fourth-order valence-electron chi connectivity index (χ4n) is 2.27. The van der Waals surface area contributed by atoms with Crippen molar-refractivity contribution >= 4 is 11.6 Å². The zero-order valence-electron chi connectivity index (χ0n) is 12.9. The van der Waals surface area contributed by atoms with Crippen molar-refractivity contribution in [1.82, 2.24) is 5.43 Å². The zero-order chi connectivity index (χ0) is 15.4. The third-order valence-electron chi connectivity index (χ3n) is 3.38. The van der Waals surface area contributed by atoms with Gasteiger partial charge in [0.25, 0.3) is 5.91 Å². The number of benzene rings is 2. The first kappa shape index (κ1) is 15.0. The van der Waals surface area contributed by atoms with Crippen molar-refractivity contribution in [3.05, 3.63) is 70.3 Å². The molecule has 0 bridgehead atoms. The number of nitrogens with one attached hydrogen (secondary N) is 1. The monoisotopic (exact) mass is 280 g/mol. The van der Waals surface area contributed by atoms with Gasteiger partial charge in [0.15, 0.2) is 0 Å². The molecule has 0 aliphatic carbocycles. The lowest BCUT2D eigenvalue weighted by Gasteiger charge is -2.07. The molecule has 108 valence electrons. The second-order valence-corrected chi connectivity index (χ2v) is 5.33. The molecule has 0 aromatic heterocycles. The first-order valence-electron chi connectivity index (χ1n) is 6.96. The van der Waals surface area contributed by atoms with E-state index >= 15 is 0 Å². The number of hydrazone groups is 1. The van der Waals surface area contributed by atoms with Crippen molar-refractivity contribution < 1.29 is 4.79 Å². The van der Waals surface area contributed by atoms with Gasteiger partial charge in [-0.2, -0.15) is 5.10 Å². The average molecular weight is 280 g/mol. The molecule has 21 heavy (non-hydrogen) atoms. The molecule has 0 aliphatic rings. The smallest absolute Gasteiger partial charge is 0.267 e. The highest BCUT2D eigenvalue weighted by atomic mass is 16.2. The summed E-state index contributed by atoms with van der Waals surface area (Å²) in [6.07, 6.45) is 0. The Bertz CT molecular complexity index is 702. The number of carbonyl (C=O) groups is 1. The third-order valence-corrected chi connectivity index (χ3v) is 3.38. The average Bonchev–Trinajstić information content (AvgIpc) is 2.44. The highest BCUT2D eigenvalue weighted by Crippen LogP contribution is 2.11. The van der Waals surface area contributed by atoms with Gasteiger partial charge in [0, 0.05) is 11.1 Å².